The molecule has 3 nitrogen and oxygen atoms in total. The summed E-state index contributed by atoms with van der Waals surface area (Å²) in [5.41, 5.74) is 0.430. The number of rotatable bonds is 5. The summed E-state index contributed by atoms with van der Waals surface area (Å²) in [6.45, 7) is 2.44. The number of nitrogens with one attached hydrogen (secondary N) is 1. The molecule has 0 aliphatic carbocycles. The molecule has 15 heavy (non-hydrogen) atoms. The first-order chi connectivity index (χ1) is 7.17. The summed E-state index contributed by atoms with van der Waals surface area (Å²) < 4.78 is 23.3. The second kappa shape index (κ2) is 5.56. The van der Waals surface area contributed by atoms with Gasteiger partial charge in [0.25, 0.3) is 0 Å². The number of anilines is 1. The summed E-state index contributed by atoms with van der Waals surface area (Å²) in [6.07, 6.45) is 0. The molecular weight excluding hydrogens is 197 g/mol. The van der Waals surface area contributed by atoms with Crippen LogP contribution >= 0.6 is 0 Å². The predicted octanol–water partition coefficient (Wildman–Crippen LogP) is 2.28. The van der Waals surface area contributed by atoms with Crippen LogP contribution in [0.15, 0.2) is 18.2 Å². The SMILES string of the molecule is COCC(C)Nc1cc(OC)ccc1F. The monoisotopic (exact) mass is 213 g/mol. The van der Waals surface area contributed by atoms with Crippen LogP contribution in [0, 0.1) is 5.82 Å². The van der Waals surface area contributed by atoms with E-state index >= 15 is 0 Å². The van der Waals surface area contributed by atoms with Gasteiger partial charge in [0.1, 0.15) is 11.6 Å². The Morgan fingerprint density at radius 1 is 1.40 bits per heavy atom. The largest absolute Gasteiger partial charge is 0.497 e. The molecule has 0 aromatic heterocycles. The summed E-state index contributed by atoms with van der Waals surface area (Å²) in [6, 6.07) is 4.64. The smallest absolute Gasteiger partial charge is 0.146 e. The Kier molecular flexibility index (Phi) is 4.37. The molecule has 1 rings (SSSR count). The number of ether oxygens (including phenoxy) is 2. The number of methoxy groups -OCH3 is 2. The number of hydrogen-bond donors (Lipinski definition) is 1. The zero-order valence-corrected chi connectivity index (χ0v) is 9.21. The van der Waals surface area contributed by atoms with Crippen LogP contribution in [0.25, 0.3) is 0 Å². The molecule has 0 saturated carbocycles. The van der Waals surface area contributed by atoms with Crippen LogP contribution < -0.4 is 10.1 Å². The standard InChI is InChI=1S/C11H16FNO2/c1-8(7-14-2)13-11-6-9(15-3)4-5-10(11)12/h4-6,8,13H,7H2,1-3H3. The lowest BCUT2D eigenvalue weighted by Crippen LogP contribution is -2.21. The second-order valence-electron chi connectivity index (χ2n) is 3.35. The molecule has 0 aliphatic heterocycles. The predicted molar refractivity (Wildman–Crippen MR) is 57.9 cm³/mol. The molecule has 1 atom stereocenters. The van der Waals surface area contributed by atoms with Crippen molar-refractivity contribution in [3.05, 3.63) is 24.0 Å². The van der Waals surface area contributed by atoms with Crippen LogP contribution in [0.3, 0.4) is 0 Å². The van der Waals surface area contributed by atoms with Crippen LogP contribution in [-0.2, 0) is 4.74 Å². The molecule has 1 aromatic carbocycles. The highest BCUT2D eigenvalue weighted by molar-refractivity contribution is 5.50. The molecule has 4 heteroatoms. The molecule has 0 amide bonds. The fourth-order valence-electron chi connectivity index (χ4n) is 1.30. The van der Waals surface area contributed by atoms with Crippen LogP contribution in [-0.4, -0.2) is 26.9 Å². The van der Waals surface area contributed by atoms with Crippen molar-refractivity contribution in [2.75, 3.05) is 26.1 Å². The first kappa shape index (κ1) is 11.8. The molecule has 0 radical (unpaired) electrons. The average Bonchev–Trinajstić information content (AvgIpc) is 2.21. The third-order valence-electron chi connectivity index (χ3n) is 1.99. The maximum Gasteiger partial charge on any atom is 0.146 e. The first-order valence-electron chi connectivity index (χ1n) is 4.76. The van der Waals surface area contributed by atoms with Gasteiger partial charge >= 0.3 is 0 Å². The van der Waals surface area contributed by atoms with Gasteiger partial charge in [0.15, 0.2) is 0 Å². The maximum atomic E-state index is 13.3. The fraction of sp³-hybridized carbons (Fsp3) is 0.455. The van der Waals surface area contributed by atoms with Gasteiger partial charge in [-0.2, -0.15) is 0 Å². The van der Waals surface area contributed by atoms with Crippen molar-refractivity contribution in [1.29, 1.82) is 0 Å². The summed E-state index contributed by atoms with van der Waals surface area (Å²) in [4.78, 5) is 0. The van der Waals surface area contributed by atoms with Crippen LogP contribution in [0.4, 0.5) is 10.1 Å². The van der Waals surface area contributed by atoms with Crippen LogP contribution in [0.5, 0.6) is 5.75 Å². The molecule has 0 bridgehead atoms. The third kappa shape index (κ3) is 3.40. The van der Waals surface area contributed by atoms with E-state index in [2.05, 4.69) is 5.32 Å². The van der Waals surface area contributed by atoms with E-state index in [4.69, 9.17) is 9.47 Å². The molecule has 84 valence electrons. The summed E-state index contributed by atoms with van der Waals surface area (Å²) >= 11 is 0. The van der Waals surface area contributed by atoms with Crippen molar-refractivity contribution in [2.45, 2.75) is 13.0 Å². The highest BCUT2D eigenvalue weighted by Crippen LogP contribution is 2.21. The van der Waals surface area contributed by atoms with E-state index in [1.807, 2.05) is 6.92 Å². The second-order valence-corrected chi connectivity index (χ2v) is 3.35. The van der Waals surface area contributed by atoms with Crippen molar-refractivity contribution in [2.24, 2.45) is 0 Å². The van der Waals surface area contributed by atoms with E-state index in [0.29, 0.717) is 18.0 Å². The number of hydrogen-bond acceptors (Lipinski definition) is 3. The Morgan fingerprint density at radius 2 is 2.13 bits per heavy atom. The Bertz CT molecular complexity index is 317. The lowest BCUT2D eigenvalue weighted by Gasteiger charge is -2.15. The van der Waals surface area contributed by atoms with Gasteiger partial charge in [-0.25, -0.2) is 4.39 Å². The van der Waals surface area contributed by atoms with Gasteiger partial charge in [-0.3, -0.25) is 0 Å². The molecule has 0 spiro atoms. The summed E-state index contributed by atoms with van der Waals surface area (Å²) in [7, 11) is 3.16. The number of halogens is 1. The van der Waals surface area contributed by atoms with Crippen molar-refractivity contribution >= 4 is 5.69 Å². The van der Waals surface area contributed by atoms with Gasteiger partial charge in [-0.05, 0) is 19.1 Å². The van der Waals surface area contributed by atoms with E-state index in [-0.39, 0.29) is 11.9 Å². The van der Waals surface area contributed by atoms with Crippen LogP contribution in [0.1, 0.15) is 6.92 Å². The highest BCUT2D eigenvalue weighted by atomic mass is 19.1. The van der Waals surface area contributed by atoms with E-state index in [1.165, 1.54) is 6.07 Å². The lowest BCUT2D eigenvalue weighted by atomic mass is 10.2. The summed E-state index contributed by atoms with van der Waals surface area (Å²) in [5, 5.41) is 3.01. The minimum atomic E-state index is -0.293. The van der Waals surface area contributed by atoms with Gasteiger partial charge in [-0.1, -0.05) is 0 Å². The van der Waals surface area contributed by atoms with E-state index < -0.39 is 0 Å². The Hall–Kier alpha value is -1.29. The van der Waals surface area contributed by atoms with Crippen molar-refractivity contribution < 1.29 is 13.9 Å². The van der Waals surface area contributed by atoms with E-state index in [1.54, 1.807) is 26.4 Å². The van der Waals surface area contributed by atoms with Crippen molar-refractivity contribution in [3.63, 3.8) is 0 Å². The van der Waals surface area contributed by atoms with E-state index in [9.17, 15) is 4.39 Å². The zero-order chi connectivity index (χ0) is 11.3. The molecule has 0 aliphatic rings. The first-order valence-corrected chi connectivity index (χ1v) is 4.76. The molecule has 0 saturated heterocycles. The summed E-state index contributed by atoms with van der Waals surface area (Å²) in [5.74, 6) is 0.335. The van der Waals surface area contributed by atoms with Gasteiger partial charge in [0.2, 0.25) is 0 Å². The molecule has 1 aromatic rings. The molecule has 1 unspecified atom stereocenters. The average molecular weight is 213 g/mol. The fourth-order valence-corrected chi connectivity index (χ4v) is 1.30. The van der Waals surface area contributed by atoms with Gasteiger partial charge < -0.3 is 14.8 Å². The van der Waals surface area contributed by atoms with Gasteiger partial charge in [-0.15, -0.1) is 0 Å². The van der Waals surface area contributed by atoms with Crippen molar-refractivity contribution in [1.82, 2.24) is 0 Å². The Balaban J connectivity index is 2.74. The third-order valence-corrected chi connectivity index (χ3v) is 1.99. The molecule has 0 fully saturated rings. The highest BCUT2D eigenvalue weighted by Gasteiger charge is 2.07. The molecule has 1 N–H and O–H groups in total. The zero-order valence-electron chi connectivity index (χ0n) is 9.21. The van der Waals surface area contributed by atoms with Crippen LogP contribution in [0.2, 0.25) is 0 Å². The molecule has 0 heterocycles. The quantitative estimate of drug-likeness (QED) is 0.814. The molecular formula is C11H16FNO2. The maximum absolute atomic E-state index is 13.3. The van der Waals surface area contributed by atoms with Gasteiger partial charge in [0, 0.05) is 19.2 Å². The Morgan fingerprint density at radius 3 is 2.73 bits per heavy atom. The number of benzene rings is 1. The van der Waals surface area contributed by atoms with Crippen molar-refractivity contribution in [3.8, 4) is 5.75 Å². The minimum absolute atomic E-state index is 0.0524. The normalized spacial score (nSPS) is 12.3. The minimum Gasteiger partial charge on any atom is -0.497 e. The lowest BCUT2D eigenvalue weighted by molar-refractivity contribution is 0.190. The Labute approximate surface area is 89.2 Å². The van der Waals surface area contributed by atoms with Gasteiger partial charge in [0.05, 0.1) is 19.4 Å². The van der Waals surface area contributed by atoms with E-state index in [0.717, 1.165) is 0 Å². The topological polar surface area (TPSA) is 30.5 Å².